The number of carbonyl (C=O) groups excluding carboxylic acids is 2. The minimum absolute atomic E-state index is 0.0448. The second kappa shape index (κ2) is 9.60. The number of hydrogen-bond acceptors (Lipinski definition) is 4. The highest BCUT2D eigenvalue weighted by Crippen LogP contribution is 2.28. The van der Waals surface area contributed by atoms with Crippen LogP contribution in [-0.4, -0.2) is 29.8 Å². The third-order valence-electron chi connectivity index (χ3n) is 5.37. The largest absolute Gasteiger partial charge is 0.346 e. The van der Waals surface area contributed by atoms with Gasteiger partial charge >= 0.3 is 11.8 Å². The normalized spacial score (nSPS) is 14.5. The SMILES string of the molecule is O=C(NC[C@H](c1ccsc1)N1CCc2ccccc2C1)C(=O)Nc1ccc(F)c(Cl)c1. The van der Waals surface area contributed by atoms with Gasteiger partial charge < -0.3 is 10.6 Å². The summed E-state index contributed by atoms with van der Waals surface area (Å²) in [4.78, 5) is 27.0. The standard InChI is InChI=1S/C23H21ClFN3O2S/c24-19-11-18(5-6-20(19)25)27-23(30)22(29)26-12-21(17-8-10-31-14-17)28-9-7-15-3-1-2-4-16(15)13-28/h1-6,8,10-11,14,21H,7,9,12-13H2,(H,26,29)(H,27,30)/t21-/m1/s1. The minimum Gasteiger partial charge on any atom is -0.346 e. The molecule has 0 aliphatic carbocycles. The van der Waals surface area contributed by atoms with Gasteiger partial charge in [0.15, 0.2) is 0 Å². The molecule has 0 radical (unpaired) electrons. The molecule has 0 saturated carbocycles. The van der Waals surface area contributed by atoms with E-state index >= 15 is 0 Å². The molecular weight excluding hydrogens is 437 g/mol. The van der Waals surface area contributed by atoms with Crippen LogP contribution in [0.15, 0.2) is 59.3 Å². The fraction of sp³-hybridized carbons (Fsp3) is 0.217. The predicted octanol–water partition coefficient (Wildman–Crippen LogP) is 4.39. The number of nitrogens with zero attached hydrogens (tertiary/aromatic N) is 1. The van der Waals surface area contributed by atoms with Crippen LogP contribution in [0, 0.1) is 5.82 Å². The van der Waals surface area contributed by atoms with Gasteiger partial charge in [0, 0.05) is 25.3 Å². The molecule has 1 aliphatic rings. The molecule has 0 spiro atoms. The van der Waals surface area contributed by atoms with E-state index in [1.807, 2.05) is 17.5 Å². The zero-order valence-electron chi connectivity index (χ0n) is 16.6. The Hall–Kier alpha value is -2.74. The molecule has 4 rings (SSSR count). The van der Waals surface area contributed by atoms with Gasteiger partial charge in [0.2, 0.25) is 0 Å². The first kappa shape index (κ1) is 21.5. The molecule has 2 N–H and O–H groups in total. The number of carbonyl (C=O) groups is 2. The van der Waals surface area contributed by atoms with Crippen LogP contribution in [0.3, 0.4) is 0 Å². The van der Waals surface area contributed by atoms with E-state index in [2.05, 4.69) is 39.1 Å². The summed E-state index contributed by atoms with van der Waals surface area (Å²) in [5, 5.41) is 9.14. The summed E-state index contributed by atoms with van der Waals surface area (Å²) >= 11 is 7.33. The van der Waals surface area contributed by atoms with E-state index in [0.29, 0.717) is 6.54 Å². The van der Waals surface area contributed by atoms with Gasteiger partial charge in [-0.05, 0) is 58.1 Å². The molecule has 2 amide bonds. The maximum Gasteiger partial charge on any atom is 0.313 e. The molecule has 31 heavy (non-hydrogen) atoms. The first-order valence-electron chi connectivity index (χ1n) is 9.88. The van der Waals surface area contributed by atoms with Gasteiger partial charge in [-0.1, -0.05) is 35.9 Å². The zero-order valence-corrected chi connectivity index (χ0v) is 18.2. The average molecular weight is 458 g/mol. The molecule has 160 valence electrons. The molecular formula is C23H21ClFN3O2S. The molecule has 2 heterocycles. The molecule has 8 heteroatoms. The fourth-order valence-electron chi connectivity index (χ4n) is 3.74. The Bertz CT molecular complexity index is 1090. The van der Waals surface area contributed by atoms with Gasteiger partial charge in [0.05, 0.1) is 11.1 Å². The van der Waals surface area contributed by atoms with E-state index in [1.54, 1.807) is 11.3 Å². The zero-order chi connectivity index (χ0) is 21.8. The maximum atomic E-state index is 13.3. The van der Waals surface area contributed by atoms with Crippen LogP contribution < -0.4 is 10.6 Å². The van der Waals surface area contributed by atoms with Crippen LogP contribution in [-0.2, 0) is 22.6 Å². The highest BCUT2D eigenvalue weighted by Gasteiger charge is 2.26. The molecule has 0 saturated heterocycles. The minimum atomic E-state index is -0.823. The van der Waals surface area contributed by atoms with Crippen molar-refractivity contribution in [2.75, 3.05) is 18.4 Å². The third-order valence-corrected chi connectivity index (χ3v) is 6.36. The number of hydrogen-bond donors (Lipinski definition) is 2. The van der Waals surface area contributed by atoms with Crippen LogP contribution in [0.4, 0.5) is 10.1 Å². The lowest BCUT2D eigenvalue weighted by Crippen LogP contribution is -2.43. The number of rotatable bonds is 5. The highest BCUT2D eigenvalue weighted by atomic mass is 35.5. The summed E-state index contributed by atoms with van der Waals surface area (Å²) in [5.74, 6) is -2.17. The molecule has 0 fully saturated rings. The second-order valence-corrected chi connectivity index (χ2v) is 8.54. The third kappa shape index (κ3) is 5.12. The number of benzene rings is 2. The average Bonchev–Trinajstić information content (AvgIpc) is 3.31. The maximum absolute atomic E-state index is 13.3. The topological polar surface area (TPSA) is 61.4 Å². The number of anilines is 1. The predicted molar refractivity (Wildman–Crippen MR) is 121 cm³/mol. The Morgan fingerprint density at radius 1 is 1.13 bits per heavy atom. The summed E-state index contributed by atoms with van der Waals surface area (Å²) in [7, 11) is 0. The van der Waals surface area contributed by atoms with E-state index in [0.717, 1.165) is 31.1 Å². The Morgan fingerprint density at radius 2 is 1.94 bits per heavy atom. The second-order valence-electron chi connectivity index (χ2n) is 7.35. The van der Waals surface area contributed by atoms with E-state index in [1.165, 1.54) is 23.3 Å². The van der Waals surface area contributed by atoms with Gasteiger partial charge in [-0.25, -0.2) is 4.39 Å². The summed E-state index contributed by atoms with van der Waals surface area (Å²) in [5.41, 5.74) is 4.00. The van der Waals surface area contributed by atoms with Gasteiger partial charge in [-0.3, -0.25) is 14.5 Å². The Labute approximate surface area is 188 Å². The van der Waals surface area contributed by atoms with Gasteiger partial charge in [-0.2, -0.15) is 11.3 Å². The van der Waals surface area contributed by atoms with Crippen molar-refractivity contribution in [3.63, 3.8) is 0 Å². The molecule has 5 nitrogen and oxygen atoms in total. The Morgan fingerprint density at radius 3 is 2.68 bits per heavy atom. The number of nitrogens with one attached hydrogen (secondary N) is 2. The number of amides is 2. The molecule has 2 aromatic carbocycles. The van der Waals surface area contributed by atoms with Crippen LogP contribution in [0.5, 0.6) is 0 Å². The van der Waals surface area contributed by atoms with Crippen molar-refractivity contribution in [3.8, 4) is 0 Å². The quantitative estimate of drug-likeness (QED) is 0.558. The summed E-state index contributed by atoms with van der Waals surface area (Å²) in [6.07, 6.45) is 0.941. The Kier molecular flexibility index (Phi) is 6.65. The van der Waals surface area contributed by atoms with Crippen molar-refractivity contribution in [3.05, 3.63) is 86.8 Å². The molecule has 0 unspecified atom stereocenters. The summed E-state index contributed by atoms with van der Waals surface area (Å²) in [6.45, 7) is 1.95. The molecule has 1 atom stereocenters. The first-order valence-corrected chi connectivity index (χ1v) is 11.2. The molecule has 1 aliphatic heterocycles. The summed E-state index contributed by atoms with van der Waals surface area (Å²) < 4.78 is 13.3. The van der Waals surface area contributed by atoms with Gasteiger partial charge in [-0.15, -0.1) is 0 Å². The van der Waals surface area contributed by atoms with E-state index in [4.69, 9.17) is 11.6 Å². The number of fused-ring (bicyclic) bond motifs is 1. The monoisotopic (exact) mass is 457 g/mol. The Balaban J connectivity index is 1.41. The van der Waals surface area contributed by atoms with Crippen molar-refractivity contribution in [1.82, 2.24) is 10.2 Å². The van der Waals surface area contributed by atoms with E-state index < -0.39 is 17.6 Å². The van der Waals surface area contributed by atoms with Crippen molar-refractivity contribution >= 4 is 40.4 Å². The lowest BCUT2D eigenvalue weighted by atomic mass is 9.97. The van der Waals surface area contributed by atoms with Crippen LogP contribution >= 0.6 is 22.9 Å². The van der Waals surface area contributed by atoms with Gasteiger partial charge in [0.25, 0.3) is 0 Å². The lowest BCUT2D eigenvalue weighted by molar-refractivity contribution is -0.136. The first-order chi connectivity index (χ1) is 15.0. The van der Waals surface area contributed by atoms with Crippen molar-refractivity contribution < 1.29 is 14.0 Å². The fourth-order valence-corrected chi connectivity index (χ4v) is 4.62. The van der Waals surface area contributed by atoms with E-state index in [9.17, 15) is 14.0 Å². The van der Waals surface area contributed by atoms with Crippen molar-refractivity contribution in [2.24, 2.45) is 0 Å². The van der Waals surface area contributed by atoms with Crippen LogP contribution in [0.2, 0.25) is 5.02 Å². The van der Waals surface area contributed by atoms with Crippen LogP contribution in [0.1, 0.15) is 22.7 Å². The van der Waals surface area contributed by atoms with Crippen molar-refractivity contribution in [2.45, 2.75) is 19.0 Å². The number of halogens is 2. The number of thiophene rings is 1. The van der Waals surface area contributed by atoms with Gasteiger partial charge in [0.1, 0.15) is 5.82 Å². The molecule has 3 aromatic rings. The smallest absolute Gasteiger partial charge is 0.313 e. The van der Waals surface area contributed by atoms with Crippen LogP contribution in [0.25, 0.3) is 0 Å². The van der Waals surface area contributed by atoms with Crippen molar-refractivity contribution in [1.29, 1.82) is 0 Å². The highest BCUT2D eigenvalue weighted by molar-refractivity contribution is 7.08. The summed E-state index contributed by atoms with van der Waals surface area (Å²) in [6, 6.07) is 14.1. The molecule has 1 aromatic heterocycles. The van der Waals surface area contributed by atoms with E-state index in [-0.39, 0.29) is 16.8 Å². The molecule has 0 bridgehead atoms. The lowest BCUT2D eigenvalue weighted by Gasteiger charge is -2.35.